The van der Waals surface area contributed by atoms with Crippen molar-refractivity contribution in [1.29, 1.82) is 0 Å². The van der Waals surface area contributed by atoms with Crippen molar-refractivity contribution in [2.75, 3.05) is 19.0 Å². The van der Waals surface area contributed by atoms with Gasteiger partial charge < -0.3 is 20.0 Å². The number of aliphatic carboxylic acids is 1. The van der Waals surface area contributed by atoms with Gasteiger partial charge in [0.2, 0.25) is 0 Å². The first-order valence-corrected chi connectivity index (χ1v) is 11.0. The van der Waals surface area contributed by atoms with E-state index < -0.39 is 5.97 Å². The maximum Gasteiger partial charge on any atom is 0.307 e. The summed E-state index contributed by atoms with van der Waals surface area (Å²) in [6.07, 6.45) is 0.736. The fourth-order valence-corrected chi connectivity index (χ4v) is 3.90. The number of carboxylic acid groups (broad SMARTS) is 1. The van der Waals surface area contributed by atoms with Crippen LogP contribution in [0, 0.1) is 12.8 Å². The summed E-state index contributed by atoms with van der Waals surface area (Å²) >= 11 is 0. The van der Waals surface area contributed by atoms with E-state index in [-0.39, 0.29) is 11.8 Å². The minimum Gasteiger partial charge on any atom is -0.487 e. The summed E-state index contributed by atoms with van der Waals surface area (Å²) in [5, 5.41) is 16.6. The van der Waals surface area contributed by atoms with Crippen LogP contribution in [-0.4, -0.2) is 30.5 Å². The molecule has 0 spiro atoms. The quantitative estimate of drug-likeness (QED) is 0.331. The Morgan fingerprint density at radius 2 is 1.79 bits per heavy atom. The Hall–Kier alpha value is -3.80. The Bertz CT molecular complexity index is 1120. The first kappa shape index (κ1) is 22.4. The van der Waals surface area contributed by atoms with Gasteiger partial charge in [0.15, 0.2) is 0 Å². The largest absolute Gasteiger partial charge is 0.487 e. The maximum atomic E-state index is 11.0. The molecule has 33 heavy (non-hydrogen) atoms. The molecule has 3 aromatic rings. The predicted molar refractivity (Wildman–Crippen MR) is 129 cm³/mol. The van der Waals surface area contributed by atoms with Crippen LogP contribution in [0.25, 0.3) is 0 Å². The van der Waals surface area contributed by atoms with Crippen molar-refractivity contribution in [3.8, 4) is 5.75 Å². The third-order valence-corrected chi connectivity index (χ3v) is 5.90. The number of hydrogen-bond acceptors (Lipinski definition) is 5. The molecule has 1 aliphatic rings. The molecule has 0 bridgehead atoms. The number of benzene rings is 3. The van der Waals surface area contributed by atoms with E-state index in [4.69, 9.17) is 14.7 Å². The van der Waals surface area contributed by atoms with Crippen LogP contribution in [0.15, 0.2) is 78.0 Å². The van der Waals surface area contributed by atoms with Gasteiger partial charge in [0.25, 0.3) is 0 Å². The standard InChI is InChI=1S/C27H28N2O4/c1-18-5-3-4-6-23(18)26(29-32-2)17-33-22-13-7-19(8-14-22)16-28-21-11-9-20(10-12-21)24-15-25(24)27(30)31/h3-14,24-25,28H,15-17H2,1-2H3,(H,30,31)/b29-26+/t24-,25+/m0/s1. The predicted octanol–water partition coefficient (Wildman–Crippen LogP) is 5.22. The Kier molecular flexibility index (Phi) is 6.93. The monoisotopic (exact) mass is 444 g/mol. The summed E-state index contributed by atoms with van der Waals surface area (Å²) in [6, 6.07) is 24.0. The van der Waals surface area contributed by atoms with Crippen molar-refractivity contribution >= 4 is 17.4 Å². The minimum absolute atomic E-state index is 0.157. The van der Waals surface area contributed by atoms with Gasteiger partial charge in [0, 0.05) is 17.8 Å². The fourth-order valence-electron chi connectivity index (χ4n) is 3.90. The van der Waals surface area contributed by atoms with Crippen LogP contribution in [-0.2, 0) is 16.2 Å². The molecule has 170 valence electrons. The van der Waals surface area contributed by atoms with Gasteiger partial charge in [-0.3, -0.25) is 4.79 Å². The molecule has 2 N–H and O–H groups in total. The lowest BCUT2D eigenvalue weighted by atomic mass is 10.0. The molecule has 6 heteroatoms. The second-order valence-electron chi connectivity index (χ2n) is 8.23. The molecule has 0 radical (unpaired) electrons. The Balaban J connectivity index is 1.29. The summed E-state index contributed by atoms with van der Waals surface area (Å²) < 4.78 is 5.94. The number of carbonyl (C=O) groups is 1. The molecule has 4 rings (SSSR count). The van der Waals surface area contributed by atoms with Crippen LogP contribution in [0.5, 0.6) is 5.75 Å². The van der Waals surface area contributed by atoms with E-state index in [1.807, 2.05) is 79.7 Å². The van der Waals surface area contributed by atoms with Gasteiger partial charge >= 0.3 is 5.97 Å². The fraction of sp³-hybridized carbons (Fsp3) is 0.259. The van der Waals surface area contributed by atoms with Crippen molar-refractivity contribution in [2.45, 2.75) is 25.8 Å². The topological polar surface area (TPSA) is 80.2 Å². The van der Waals surface area contributed by atoms with E-state index >= 15 is 0 Å². The van der Waals surface area contributed by atoms with Gasteiger partial charge in [-0.15, -0.1) is 0 Å². The van der Waals surface area contributed by atoms with Gasteiger partial charge in [-0.1, -0.05) is 53.7 Å². The average Bonchev–Trinajstić information content (AvgIpc) is 3.63. The number of rotatable bonds is 10. The van der Waals surface area contributed by atoms with Crippen LogP contribution >= 0.6 is 0 Å². The number of nitrogens with zero attached hydrogens (tertiary/aromatic N) is 1. The van der Waals surface area contributed by atoms with Gasteiger partial charge in [-0.05, 0) is 60.2 Å². The van der Waals surface area contributed by atoms with Crippen molar-refractivity contribution in [3.63, 3.8) is 0 Å². The van der Waals surface area contributed by atoms with E-state index in [0.29, 0.717) is 13.2 Å². The van der Waals surface area contributed by atoms with Crippen molar-refractivity contribution in [1.82, 2.24) is 0 Å². The molecule has 0 amide bonds. The number of nitrogens with one attached hydrogen (secondary N) is 1. The molecule has 0 heterocycles. The molecule has 0 aromatic heterocycles. The maximum absolute atomic E-state index is 11.0. The Labute approximate surface area is 193 Å². The van der Waals surface area contributed by atoms with Crippen LogP contribution < -0.4 is 10.1 Å². The molecule has 1 fully saturated rings. The zero-order valence-corrected chi connectivity index (χ0v) is 18.8. The second kappa shape index (κ2) is 10.2. The number of anilines is 1. The highest BCUT2D eigenvalue weighted by molar-refractivity contribution is 6.02. The molecule has 0 saturated heterocycles. The summed E-state index contributed by atoms with van der Waals surface area (Å²) in [6.45, 7) is 3.03. The van der Waals surface area contributed by atoms with Crippen LogP contribution in [0.2, 0.25) is 0 Å². The van der Waals surface area contributed by atoms with Gasteiger partial charge in [-0.2, -0.15) is 0 Å². The zero-order chi connectivity index (χ0) is 23.2. The third kappa shape index (κ3) is 5.71. The van der Waals surface area contributed by atoms with Crippen LogP contribution in [0.3, 0.4) is 0 Å². The molecule has 0 aliphatic heterocycles. The van der Waals surface area contributed by atoms with Crippen molar-refractivity contribution in [3.05, 3.63) is 95.1 Å². The molecular weight excluding hydrogens is 416 g/mol. The lowest BCUT2D eigenvalue weighted by Gasteiger charge is -2.12. The summed E-state index contributed by atoms with van der Waals surface area (Å²) in [5.74, 6) is -0.00706. The molecule has 1 aliphatic carbocycles. The summed E-state index contributed by atoms with van der Waals surface area (Å²) in [5.41, 5.74) is 6.09. The van der Waals surface area contributed by atoms with Crippen molar-refractivity contribution < 1.29 is 19.5 Å². The number of oxime groups is 1. The molecule has 1 saturated carbocycles. The van der Waals surface area contributed by atoms with Crippen LogP contribution in [0.4, 0.5) is 5.69 Å². The van der Waals surface area contributed by atoms with Gasteiger partial charge in [0.05, 0.1) is 5.92 Å². The second-order valence-corrected chi connectivity index (χ2v) is 8.23. The molecule has 0 unspecified atom stereocenters. The van der Waals surface area contributed by atoms with E-state index in [9.17, 15) is 4.79 Å². The first-order chi connectivity index (χ1) is 16.0. The van der Waals surface area contributed by atoms with E-state index in [2.05, 4.69) is 10.5 Å². The Morgan fingerprint density at radius 1 is 1.06 bits per heavy atom. The van der Waals surface area contributed by atoms with Crippen molar-refractivity contribution in [2.24, 2.45) is 11.1 Å². The zero-order valence-electron chi connectivity index (χ0n) is 18.8. The normalized spacial score (nSPS) is 17.3. The smallest absolute Gasteiger partial charge is 0.307 e. The average molecular weight is 445 g/mol. The molecule has 3 aromatic carbocycles. The lowest BCUT2D eigenvalue weighted by Crippen LogP contribution is -2.14. The SMILES string of the molecule is CO/N=C(\COc1ccc(CNc2ccc([C@@H]3C[C@H]3C(=O)O)cc2)cc1)c1ccccc1C. The number of hydrogen-bond donors (Lipinski definition) is 2. The highest BCUT2D eigenvalue weighted by Crippen LogP contribution is 2.47. The number of aryl methyl sites for hydroxylation is 1. The summed E-state index contributed by atoms with van der Waals surface area (Å²) in [4.78, 5) is 16.1. The highest BCUT2D eigenvalue weighted by atomic mass is 16.6. The van der Waals surface area contributed by atoms with Gasteiger partial charge in [0.1, 0.15) is 25.2 Å². The molecular formula is C27H28N2O4. The first-order valence-electron chi connectivity index (χ1n) is 11.0. The third-order valence-electron chi connectivity index (χ3n) is 5.90. The van der Waals surface area contributed by atoms with Crippen LogP contribution in [0.1, 0.15) is 34.6 Å². The van der Waals surface area contributed by atoms with E-state index in [0.717, 1.165) is 45.8 Å². The lowest BCUT2D eigenvalue weighted by molar-refractivity contribution is -0.138. The number of carboxylic acids is 1. The van der Waals surface area contributed by atoms with Gasteiger partial charge in [-0.25, -0.2) is 0 Å². The van der Waals surface area contributed by atoms with E-state index in [1.54, 1.807) is 0 Å². The molecule has 6 nitrogen and oxygen atoms in total. The highest BCUT2D eigenvalue weighted by Gasteiger charge is 2.43. The molecule has 2 atom stereocenters. The Morgan fingerprint density at radius 3 is 2.42 bits per heavy atom. The van der Waals surface area contributed by atoms with E-state index in [1.165, 1.54) is 7.11 Å². The minimum atomic E-state index is -0.702. The summed E-state index contributed by atoms with van der Waals surface area (Å²) in [7, 11) is 1.53. The number of ether oxygens (including phenoxy) is 1.